The summed E-state index contributed by atoms with van der Waals surface area (Å²) in [6, 6.07) is 1.80. The van der Waals surface area contributed by atoms with Crippen molar-refractivity contribution in [1.82, 2.24) is 9.97 Å². The molecule has 1 aromatic heterocycles. The molecule has 1 rings (SSSR count). The standard InChI is InChI=1S/C11H19N3/c1-3-9(4-2)8-10(12)11-13-6-5-7-14-11/h5-7,9-10H,3-4,8,12H2,1-2H3. The van der Waals surface area contributed by atoms with Gasteiger partial charge in [0.2, 0.25) is 0 Å². The second-order valence-corrected chi connectivity index (χ2v) is 3.63. The van der Waals surface area contributed by atoms with E-state index in [9.17, 15) is 0 Å². The highest BCUT2D eigenvalue weighted by Gasteiger charge is 2.13. The summed E-state index contributed by atoms with van der Waals surface area (Å²) in [5.41, 5.74) is 6.02. The lowest BCUT2D eigenvalue weighted by Gasteiger charge is -2.16. The van der Waals surface area contributed by atoms with Gasteiger partial charge in [-0.2, -0.15) is 0 Å². The Bertz CT molecular complexity index is 244. The largest absolute Gasteiger partial charge is 0.321 e. The Morgan fingerprint density at radius 3 is 2.29 bits per heavy atom. The van der Waals surface area contributed by atoms with Crippen molar-refractivity contribution in [2.24, 2.45) is 11.7 Å². The van der Waals surface area contributed by atoms with Crippen molar-refractivity contribution in [1.29, 1.82) is 0 Å². The molecule has 0 aliphatic heterocycles. The summed E-state index contributed by atoms with van der Waals surface area (Å²) >= 11 is 0. The molecule has 3 heteroatoms. The Morgan fingerprint density at radius 1 is 1.21 bits per heavy atom. The molecular weight excluding hydrogens is 174 g/mol. The smallest absolute Gasteiger partial charge is 0.144 e. The van der Waals surface area contributed by atoms with Crippen LogP contribution in [0.4, 0.5) is 0 Å². The zero-order valence-corrected chi connectivity index (χ0v) is 8.98. The molecule has 1 aromatic rings. The van der Waals surface area contributed by atoms with Gasteiger partial charge in [-0.3, -0.25) is 0 Å². The Balaban J connectivity index is 2.54. The third kappa shape index (κ3) is 3.07. The first-order valence-electron chi connectivity index (χ1n) is 5.30. The number of hydrogen-bond acceptors (Lipinski definition) is 3. The lowest BCUT2D eigenvalue weighted by atomic mass is 9.95. The first kappa shape index (κ1) is 11.1. The molecule has 14 heavy (non-hydrogen) atoms. The fourth-order valence-electron chi connectivity index (χ4n) is 1.59. The highest BCUT2D eigenvalue weighted by molar-refractivity contribution is 4.94. The van der Waals surface area contributed by atoms with Crippen LogP contribution in [-0.4, -0.2) is 9.97 Å². The Kier molecular flexibility index (Phi) is 4.53. The number of nitrogens with zero attached hydrogens (tertiary/aromatic N) is 2. The third-order valence-electron chi connectivity index (χ3n) is 2.66. The van der Waals surface area contributed by atoms with Crippen LogP contribution in [0, 0.1) is 5.92 Å². The van der Waals surface area contributed by atoms with Gasteiger partial charge in [0.1, 0.15) is 5.82 Å². The topological polar surface area (TPSA) is 51.8 Å². The monoisotopic (exact) mass is 193 g/mol. The molecule has 0 saturated carbocycles. The van der Waals surface area contributed by atoms with Gasteiger partial charge in [0, 0.05) is 12.4 Å². The van der Waals surface area contributed by atoms with E-state index < -0.39 is 0 Å². The highest BCUT2D eigenvalue weighted by atomic mass is 14.9. The van der Waals surface area contributed by atoms with Gasteiger partial charge in [-0.15, -0.1) is 0 Å². The molecule has 0 aromatic carbocycles. The van der Waals surface area contributed by atoms with Crippen LogP contribution in [0.5, 0.6) is 0 Å². The van der Waals surface area contributed by atoms with Crippen LogP contribution < -0.4 is 5.73 Å². The molecule has 0 bridgehead atoms. The maximum Gasteiger partial charge on any atom is 0.144 e. The quantitative estimate of drug-likeness (QED) is 0.780. The third-order valence-corrected chi connectivity index (χ3v) is 2.66. The fourth-order valence-corrected chi connectivity index (χ4v) is 1.59. The fraction of sp³-hybridized carbons (Fsp3) is 0.636. The van der Waals surface area contributed by atoms with Crippen molar-refractivity contribution in [3.05, 3.63) is 24.3 Å². The molecule has 0 aliphatic carbocycles. The van der Waals surface area contributed by atoms with Gasteiger partial charge < -0.3 is 5.73 Å². The van der Waals surface area contributed by atoms with E-state index in [1.165, 1.54) is 12.8 Å². The number of rotatable bonds is 5. The van der Waals surface area contributed by atoms with Gasteiger partial charge in [0.05, 0.1) is 6.04 Å². The molecule has 0 aliphatic rings. The summed E-state index contributed by atoms with van der Waals surface area (Å²) < 4.78 is 0. The Morgan fingerprint density at radius 2 is 1.79 bits per heavy atom. The van der Waals surface area contributed by atoms with Crippen molar-refractivity contribution in [2.75, 3.05) is 0 Å². The van der Waals surface area contributed by atoms with Gasteiger partial charge in [-0.1, -0.05) is 26.7 Å². The summed E-state index contributed by atoms with van der Waals surface area (Å²) in [7, 11) is 0. The molecule has 0 spiro atoms. The molecule has 0 amide bonds. The lowest BCUT2D eigenvalue weighted by Crippen LogP contribution is -2.17. The van der Waals surface area contributed by atoms with E-state index in [0.29, 0.717) is 5.92 Å². The first-order chi connectivity index (χ1) is 6.77. The number of nitrogens with two attached hydrogens (primary N) is 1. The average molecular weight is 193 g/mol. The number of hydrogen-bond donors (Lipinski definition) is 1. The van der Waals surface area contributed by atoms with Crippen molar-refractivity contribution in [3.63, 3.8) is 0 Å². The summed E-state index contributed by atoms with van der Waals surface area (Å²) in [5, 5.41) is 0. The predicted octanol–water partition coefficient (Wildman–Crippen LogP) is 2.30. The Labute approximate surface area is 85.8 Å². The molecule has 3 nitrogen and oxygen atoms in total. The summed E-state index contributed by atoms with van der Waals surface area (Å²) in [5.74, 6) is 1.45. The van der Waals surface area contributed by atoms with E-state index in [1.807, 2.05) is 6.07 Å². The molecule has 1 unspecified atom stereocenters. The van der Waals surface area contributed by atoms with Crippen LogP contribution in [0.25, 0.3) is 0 Å². The maximum atomic E-state index is 6.02. The minimum absolute atomic E-state index is 0.0129. The lowest BCUT2D eigenvalue weighted by molar-refractivity contribution is 0.406. The van der Waals surface area contributed by atoms with Crippen LogP contribution in [0.1, 0.15) is 45.0 Å². The normalized spacial score (nSPS) is 13.1. The molecule has 78 valence electrons. The van der Waals surface area contributed by atoms with E-state index in [-0.39, 0.29) is 6.04 Å². The number of aromatic nitrogens is 2. The minimum atomic E-state index is -0.0129. The summed E-state index contributed by atoms with van der Waals surface area (Å²) in [6.45, 7) is 4.40. The van der Waals surface area contributed by atoms with Crippen LogP contribution in [0.3, 0.4) is 0 Å². The van der Waals surface area contributed by atoms with Gasteiger partial charge in [0.15, 0.2) is 0 Å². The first-order valence-corrected chi connectivity index (χ1v) is 5.30. The molecule has 2 N–H and O–H groups in total. The van der Waals surface area contributed by atoms with E-state index >= 15 is 0 Å². The van der Waals surface area contributed by atoms with Gasteiger partial charge in [0.25, 0.3) is 0 Å². The van der Waals surface area contributed by atoms with E-state index in [0.717, 1.165) is 12.2 Å². The average Bonchev–Trinajstić information content (AvgIpc) is 2.26. The molecule has 0 radical (unpaired) electrons. The summed E-state index contributed by atoms with van der Waals surface area (Å²) in [4.78, 5) is 8.33. The molecule has 0 fully saturated rings. The highest BCUT2D eigenvalue weighted by Crippen LogP contribution is 2.20. The van der Waals surface area contributed by atoms with Gasteiger partial charge in [-0.05, 0) is 18.4 Å². The molecule has 1 heterocycles. The Hall–Kier alpha value is -0.960. The van der Waals surface area contributed by atoms with Crippen LogP contribution >= 0.6 is 0 Å². The second kappa shape index (κ2) is 5.70. The predicted molar refractivity (Wildman–Crippen MR) is 57.6 cm³/mol. The second-order valence-electron chi connectivity index (χ2n) is 3.63. The SMILES string of the molecule is CCC(CC)CC(N)c1ncccn1. The molecule has 1 atom stereocenters. The van der Waals surface area contributed by atoms with Crippen molar-refractivity contribution in [2.45, 2.75) is 39.2 Å². The van der Waals surface area contributed by atoms with Crippen LogP contribution in [0.2, 0.25) is 0 Å². The van der Waals surface area contributed by atoms with E-state index in [4.69, 9.17) is 5.73 Å². The van der Waals surface area contributed by atoms with Crippen LogP contribution in [-0.2, 0) is 0 Å². The molecule has 0 saturated heterocycles. The van der Waals surface area contributed by atoms with Crippen molar-refractivity contribution >= 4 is 0 Å². The zero-order chi connectivity index (χ0) is 10.4. The van der Waals surface area contributed by atoms with Crippen molar-refractivity contribution < 1.29 is 0 Å². The molecular formula is C11H19N3. The maximum absolute atomic E-state index is 6.02. The van der Waals surface area contributed by atoms with Crippen molar-refractivity contribution in [3.8, 4) is 0 Å². The zero-order valence-electron chi connectivity index (χ0n) is 8.98. The minimum Gasteiger partial charge on any atom is -0.321 e. The van der Waals surface area contributed by atoms with Gasteiger partial charge in [-0.25, -0.2) is 9.97 Å². The van der Waals surface area contributed by atoms with Gasteiger partial charge >= 0.3 is 0 Å². The van der Waals surface area contributed by atoms with Crippen LogP contribution in [0.15, 0.2) is 18.5 Å². The van der Waals surface area contributed by atoms with E-state index in [1.54, 1.807) is 12.4 Å². The van der Waals surface area contributed by atoms with E-state index in [2.05, 4.69) is 23.8 Å². The summed E-state index contributed by atoms with van der Waals surface area (Å²) in [6.07, 6.45) is 6.83.